The molecule has 0 radical (unpaired) electrons. The Labute approximate surface area is 180 Å². The molecule has 1 N–H and O–H groups in total. The Bertz CT molecular complexity index is 1280. The number of rotatable bonds is 5. The molecule has 3 aromatic rings. The number of ether oxygens (including phenoxy) is 1. The maximum absolute atomic E-state index is 12.7. The van der Waals surface area contributed by atoms with Crippen LogP contribution in [0.5, 0.6) is 5.88 Å². The molecule has 0 amide bonds. The fourth-order valence-electron chi connectivity index (χ4n) is 3.19. The number of esters is 1. The van der Waals surface area contributed by atoms with Crippen molar-refractivity contribution in [1.29, 1.82) is 0 Å². The highest BCUT2D eigenvalue weighted by Gasteiger charge is 2.42. The van der Waals surface area contributed by atoms with Gasteiger partial charge in [-0.15, -0.1) is 0 Å². The predicted molar refractivity (Wildman–Crippen MR) is 106 cm³/mol. The zero-order valence-electron chi connectivity index (χ0n) is 16.7. The van der Waals surface area contributed by atoms with Crippen LogP contribution in [-0.2, 0) is 14.6 Å². The minimum Gasteiger partial charge on any atom is -0.400 e. The van der Waals surface area contributed by atoms with Crippen molar-refractivity contribution in [2.24, 2.45) is 0 Å². The second-order valence-corrected chi connectivity index (χ2v) is 9.44. The van der Waals surface area contributed by atoms with Gasteiger partial charge in [-0.25, -0.2) is 23.2 Å². The molecule has 1 fully saturated rings. The molecule has 0 spiro atoms. The summed E-state index contributed by atoms with van der Waals surface area (Å²) in [6, 6.07) is 4.03. The first-order valence-corrected chi connectivity index (χ1v) is 11.4. The van der Waals surface area contributed by atoms with E-state index in [1.807, 2.05) is 0 Å². The van der Waals surface area contributed by atoms with Crippen LogP contribution in [0, 0.1) is 0 Å². The quantitative estimate of drug-likeness (QED) is 0.571. The molecule has 0 saturated heterocycles. The second-order valence-electron chi connectivity index (χ2n) is 7.43. The Morgan fingerprint density at radius 3 is 2.53 bits per heavy atom. The van der Waals surface area contributed by atoms with Crippen LogP contribution in [0.2, 0.25) is 0 Å². The topological polar surface area (TPSA) is 115 Å². The van der Waals surface area contributed by atoms with Crippen molar-refractivity contribution < 1.29 is 31.1 Å². The van der Waals surface area contributed by atoms with Gasteiger partial charge in [0.25, 0.3) is 0 Å². The number of nitrogens with one attached hydrogen (secondary N) is 1. The van der Waals surface area contributed by atoms with E-state index in [9.17, 15) is 26.4 Å². The number of aromatic amines is 1. The van der Waals surface area contributed by atoms with Crippen LogP contribution < -0.4 is 4.74 Å². The van der Waals surface area contributed by atoms with Gasteiger partial charge < -0.3 is 9.72 Å². The van der Waals surface area contributed by atoms with Gasteiger partial charge in [0.05, 0.1) is 4.90 Å². The van der Waals surface area contributed by atoms with Crippen LogP contribution in [-0.4, -0.2) is 46.8 Å². The maximum atomic E-state index is 12.7. The van der Waals surface area contributed by atoms with Crippen LogP contribution in [0.3, 0.4) is 0 Å². The number of pyridine rings is 2. The summed E-state index contributed by atoms with van der Waals surface area (Å²) in [6.07, 6.45) is 2.89. The standard InChI is InChI=1S/C20H17F3N4O4S/c1-32(29,30)13-8-14(18(26-9-13)31-19(28)20(21,22)23)12-5-6-24-15(7-12)17-25-10-16(27-17)11-3-2-4-11/h5-11H,2-4H2,1H3,(H,25,27). The van der Waals surface area contributed by atoms with Gasteiger partial charge in [-0.3, -0.25) is 4.98 Å². The molecule has 1 aliphatic carbocycles. The van der Waals surface area contributed by atoms with Crippen LogP contribution in [0.4, 0.5) is 13.2 Å². The van der Waals surface area contributed by atoms with Gasteiger partial charge in [0, 0.05) is 42.0 Å². The van der Waals surface area contributed by atoms with Gasteiger partial charge in [-0.1, -0.05) is 6.42 Å². The Morgan fingerprint density at radius 2 is 1.91 bits per heavy atom. The number of hydrogen-bond acceptors (Lipinski definition) is 7. The lowest BCUT2D eigenvalue weighted by molar-refractivity contribution is -0.189. The highest BCUT2D eigenvalue weighted by molar-refractivity contribution is 7.90. The summed E-state index contributed by atoms with van der Waals surface area (Å²) in [6.45, 7) is 0. The summed E-state index contributed by atoms with van der Waals surface area (Å²) in [7, 11) is -3.73. The van der Waals surface area contributed by atoms with Crippen LogP contribution >= 0.6 is 0 Å². The van der Waals surface area contributed by atoms with E-state index in [1.54, 1.807) is 6.20 Å². The maximum Gasteiger partial charge on any atom is 0.491 e. The molecular weight excluding hydrogens is 449 g/mol. The summed E-state index contributed by atoms with van der Waals surface area (Å²) in [5.74, 6) is -2.28. The van der Waals surface area contributed by atoms with Crippen molar-refractivity contribution in [3.63, 3.8) is 0 Å². The average Bonchev–Trinajstić information content (AvgIpc) is 3.15. The lowest BCUT2D eigenvalue weighted by Crippen LogP contribution is -2.28. The number of alkyl halides is 3. The van der Waals surface area contributed by atoms with E-state index in [-0.39, 0.29) is 16.0 Å². The molecule has 32 heavy (non-hydrogen) atoms. The first kappa shape index (κ1) is 21.9. The van der Waals surface area contributed by atoms with Gasteiger partial charge in [0.2, 0.25) is 5.88 Å². The molecular formula is C20H17F3N4O4S. The van der Waals surface area contributed by atoms with E-state index in [0.29, 0.717) is 17.4 Å². The minimum absolute atomic E-state index is 0.111. The normalized spacial score (nSPS) is 14.8. The first-order chi connectivity index (χ1) is 15.0. The third-order valence-corrected chi connectivity index (χ3v) is 6.21. The van der Waals surface area contributed by atoms with E-state index in [0.717, 1.165) is 43.5 Å². The number of carbonyl (C=O) groups is 1. The number of sulfone groups is 1. The molecule has 3 heterocycles. The predicted octanol–water partition coefficient (Wildman–Crippen LogP) is 3.67. The highest BCUT2D eigenvalue weighted by atomic mass is 32.2. The van der Waals surface area contributed by atoms with Crippen molar-refractivity contribution >= 4 is 15.8 Å². The molecule has 0 aromatic carbocycles. The molecule has 1 saturated carbocycles. The number of halogens is 3. The van der Waals surface area contributed by atoms with Crippen molar-refractivity contribution in [1.82, 2.24) is 19.9 Å². The van der Waals surface area contributed by atoms with Crippen LogP contribution in [0.25, 0.3) is 22.6 Å². The number of carbonyl (C=O) groups excluding carboxylic acids is 1. The minimum atomic E-state index is -5.25. The van der Waals surface area contributed by atoms with Gasteiger partial charge in [-0.05, 0) is 36.6 Å². The fraction of sp³-hybridized carbons (Fsp3) is 0.300. The highest BCUT2D eigenvalue weighted by Crippen LogP contribution is 2.37. The summed E-state index contributed by atoms with van der Waals surface area (Å²) >= 11 is 0. The van der Waals surface area contributed by atoms with Gasteiger partial charge in [-0.2, -0.15) is 13.2 Å². The Balaban J connectivity index is 1.76. The number of imidazole rings is 1. The summed E-state index contributed by atoms with van der Waals surface area (Å²) in [4.78, 5) is 26.5. The van der Waals surface area contributed by atoms with Gasteiger partial charge in [0.15, 0.2) is 15.7 Å². The number of H-pyrrole nitrogens is 1. The Hall–Kier alpha value is -3.28. The summed E-state index contributed by atoms with van der Waals surface area (Å²) < 4.78 is 66.4. The summed E-state index contributed by atoms with van der Waals surface area (Å²) in [5, 5.41) is 0. The van der Waals surface area contributed by atoms with Gasteiger partial charge in [0.1, 0.15) is 5.69 Å². The van der Waals surface area contributed by atoms with Crippen molar-refractivity contribution in [2.75, 3.05) is 6.26 Å². The molecule has 0 aliphatic heterocycles. The van der Waals surface area contributed by atoms with E-state index in [2.05, 4.69) is 24.7 Å². The second kappa shape index (κ2) is 8.01. The van der Waals surface area contributed by atoms with E-state index in [1.165, 1.54) is 18.3 Å². The third-order valence-electron chi connectivity index (χ3n) is 5.13. The van der Waals surface area contributed by atoms with Crippen molar-refractivity contribution in [2.45, 2.75) is 36.3 Å². The molecule has 12 heteroatoms. The molecule has 168 valence electrons. The molecule has 3 aromatic heterocycles. The third kappa shape index (κ3) is 4.49. The van der Waals surface area contributed by atoms with E-state index >= 15 is 0 Å². The smallest absolute Gasteiger partial charge is 0.400 e. The molecule has 4 rings (SSSR count). The summed E-state index contributed by atoms with van der Waals surface area (Å²) in [5.41, 5.74) is 1.49. The first-order valence-electron chi connectivity index (χ1n) is 9.53. The molecule has 1 aliphatic rings. The molecule has 0 unspecified atom stereocenters. The van der Waals surface area contributed by atoms with Gasteiger partial charge >= 0.3 is 12.1 Å². The van der Waals surface area contributed by atoms with Crippen molar-refractivity contribution in [3.8, 4) is 28.5 Å². The van der Waals surface area contributed by atoms with Crippen LogP contribution in [0.1, 0.15) is 30.9 Å². The Morgan fingerprint density at radius 1 is 1.16 bits per heavy atom. The lowest BCUT2D eigenvalue weighted by Gasteiger charge is -2.23. The largest absolute Gasteiger partial charge is 0.491 e. The van der Waals surface area contributed by atoms with E-state index < -0.39 is 27.9 Å². The average molecular weight is 466 g/mol. The Kier molecular flexibility index (Phi) is 5.49. The lowest BCUT2D eigenvalue weighted by atomic mass is 9.83. The number of nitrogens with zero attached hydrogens (tertiary/aromatic N) is 3. The monoisotopic (exact) mass is 466 g/mol. The SMILES string of the molecule is CS(=O)(=O)c1cnc(OC(=O)C(F)(F)F)c(-c2ccnc(-c3ncc(C4CCC4)[nH]3)c2)c1. The zero-order valence-corrected chi connectivity index (χ0v) is 17.5. The molecule has 0 atom stereocenters. The molecule has 0 bridgehead atoms. The van der Waals surface area contributed by atoms with Crippen LogP contribution in [0.15, 0.2) is 41.7 Å². The van der Waals surface area contributed by atoms with Crippen molar-refractivity contribution in [3.05, 3.63) is 42.5 Å². The zero-order chi connectivity index (χ0) is 23.1. The van der Waals surface area contributed by atoms with E-state index in [4.69, 9.17) is 0 Å². The number of aromatic nitrogens is 4. The molecule has 8 nitrogen and oxygen atoms in total. The number of hydrogen-bond donors (Lipinski definition) is 1. The fourth-order valence-corrected chi connectivity index (χ4v) is 3.77.